The van der Waals surface area contributed by atoms with Crippen molar-refractivity contribution in [3.63, 3.8) is 0 Å². The van der Waals surface area contributed by atoms with E-state index in [4.69, 9.17) is 0 Å². The first-order valence-electron chi connectivity index (χ1n) is 8.57. The van der Waals surface area contributed by atoms with Crippen molar-refractivity contribution in [2.75, 3.05) is 6.54 Å². The fourth-order valence-electron chi connectivity index (χ4n) is 3.23. The molecule has 3 heterocycles. The predicted octanol–water partition coefficient (Wildman–Crippen LogP) is 3.08. The van der Waals surface area contributed by atoms with Crippen LogP contribution in [0.2, 0.25) is 0 Å². The van der Waals surface area contributed by atoms with Crippen LogP contribution in [0.3, 0.4) is 0 Å². The van der Waals surface area contributed by atoms with Crippen molar-refractivity contribution < 1.29 is 0 Å². The topological polar surface area (TPSA) is 34.8 Å². The molecule has 0 aliphatic carbocycles. The van der Waals surface area contributed by atoms with Gasteiger partial charge in [-0.25, -0.2) is 4.98 Å². The van der Waals surface area contributed by atoms with Crippen molar-refractivity contribution in [1.82, 2.24) is 19.4 Å². The summed E-state index contributed by atoms with van der Waals surface area (Å²) in [6, 6.07) is 4.40. The maximum atomic E-state index is 4.40. The summed E-state index contributed by atoms with van der Waals surface area (Å²) in [5.74, 6) is 2.73. The lowest BCUT2D eigenvalue weighted by Crippen LogP contribution is -2.30. The zero-order valence-corrected chi connectivity index (χ0v) is 13.8. The summed E-state index contributed by atoms with van der Waals surface area (Å²) >= 11 is 0. The highest BCUT2D eigenvalue weighted by molar-refractivity contribution is 5.07. The summed E-state index contributed by atoms with van der Waals surface area (Å²) in [4.78, 5) is 4.40. The molecule has 0 radical (unpaired) electrons. The van der Waals surface area contributed by atoms with Crippen molar-refractivity contribution in [1.29, 1.82) is 0 Å². The summed E-state index contributed by atoms with van der Waals surface area (Å²) in [6.45, 7) is 8.87. The Morgan fingerprint density at radius 1 is 1.36 bits per heavy atom. The van der Waals surface area contributed by atoms with Gasteiger partial charge in [0.25, 0.3) is 0 Å². The summed E-state index contributed by atoms with van der Waals surface area (Å²) in [7, 11) is 0. The molecule has 0 amide bonds. The Bertz CT molecular complexity index is 581. The molecule has 0 bridgehead atoms. The lowest BCUT2D eigenvalue weighted by atomic mass is 9.99. The van der Waals surface area contributed by atoms with Gasteiger partial charge in [-0.15, -0.1) is 0 Å². The van der Waals surface area contributed by atoms with E-state index in [1.807, 2.05) is 6.20 Å². The minimum Gasteiger partial charge on any atom is -0.350 e. The van der Waals surface area contributed by atoms with Gasteiger partial charge >= 0.3 is 0 Å². The highest BCUT2D eigenvalue weighted by Crippen LogP contribution is 2.18. The van der Waals surface area contributed by atoms with E-state index in [1.165, 1.54) is 24.4 Å². The smallest absolute Gasteiger partial charge is 0.108 e. The van der Waals surface area contributed by atoms with Crippen LogP contribution in [0.5, 0.6) is 0 Å². The molecular formula is C18H28N4. The van der Waals surface area contributed by atoms with Crippen LogP contribution >= 0.6 is 0 Å². The van der Waals surface area contributed by atoms with Crippen molar-refractivity contribution in [3.05, 3.63) is 42.2 Å². The monoisotopic (exact) mass is 300 g/mol. The Hall–Kier alpha value is -1.55. The summed E-state index contributed by atoms with van der Waals surface area (Å²) < 4.78 is 4.70. The SMILES string of the molecule is CC(C)CCn1cccc1CNC[C@H]1CCc2nccn2C1. The van der Waals surface area contributed by atoms with E-state index >= 15 is 0 Å². The van der Waals surface area contributed by atoms with Crippen LogP contribution in [0, 0.1) is 11.8 Å². The third kappa shape index (κ3) is 3.80. The van der Waals surface area contributed by atoms with Gasteiger partial charge in [-0.2, -0.15) is 0 Å². The lowest BCUT2D eigenvalue weighted by Gasteiger charge is -2.24. The second-order valence-corrected chi connectivity index (χ2v) is 6.91. The average Bonchev–Trinajstić information content (AvgIpc) is 3.13. The van der Waals surface area contributed by atoms with Gasteiger partial charge in [0.15, 0.2) is 0 Å². The van der Waals surface area contributed by atoms with Crippen LogP contribution in [0.1, 0.15) is 38.2 Å². The Morgan fingerprint density at radius 2 is 2.27 bits per heavy atom. The van der Waals surface area contributed by atoms with Crippen molar-refractivity contribution in [2.45, 2.75) is 52.7 Å². The van der Waals surface area contributed by atoms with Gasteiger partial charge in [0.05, 0.1) is 0 Å². The third-order valence-electron chi connectivity index (χ3n) is 4.64. The first-order valence-corrected chi connectivity index (χ1v) is 8.57. The van der Waals surface area contributed by atoms with Crippen LogP contribution in [0.15, 0.2) is 30.7 Å². The molecule has 1 N–H and O–H groups in total. The van der Waals surface area contributed by atoms with Crippen molar-refractivity contribution in [3.8, 4) is 0 Å². The van der Waals surface area contributed by atoms with Crippen LogP contribution < -0.4 is 5.32 Å². The number of nitrogens with zero attached hydrogens (tertiary/aromatic N) is 3. The highest BCUT2D eigenvalue weighted by atomic mass is 15.1. The molecule has 1 aliphatic rings. The van der Waals surface area contributed by atoms with Gasteiger partial charge in [0.1, 0.15) is 5.82 Å². The molecule has 0 spiro atoms. The fraction of sp³-hybridized carbons (Fsp3) is 0.611. The Kier molecular flexibility index (Phi) is 4.98. The van der Waals surface area contributed by atoms with Gasteiger partial charge in [-0.05, 0) is 36.8 Å². The largest absolute Gasteiger partial charge is 0.350 e. The van der Waals surface area contributed by atoms with Gasteiger partial charge in [-0.1, -0.05) is 13.8 Å². The van der Waals surface area contributed by atoms with Gasteiger partial charge < -0.3 is 14.5 Å². The lowest BCUT2D eigenvalue weighted by molar-refractivity contribution is 0.345. The van der Waals surface area contributed by atoms with Gasteiger partial charge in [0, 0.05) is 56.9 Å². The predicted molar refractivity (Wildman–Crippen MR) is 89.6 cm³/mol. The van der Waals surface area contributed by atoms with E-state index in [1.54, 1.807) is 0 Å². The quantitative estimate of drug-likeness (QED) is 0.853. The normalized spacial score (nSPS) is 17.9. The maximum absolute atomic E-state index is 4.40. The summed E-state index contributed by atoms with van der Waals surface area (Å²) in [5, 5.41) is 3.65. The molecule has 2 aromatic heterocycles. The van der Waals surface area contributed by atoms with E-state index in [-0.39, 0.29) is 0 Å². The number of rotatable bonds is 7. The third-order valence-corrected chi connectivity index (χ3v) is 4.64. The molecule has 2 aromatic rings. The number of fused-ring (bicyclic) bond motifs is 1. The van der Waals surface area contributed by atoms with Crippen LogP contribution in [-0.4, -0.2) is 20.7 Å². The summed E-state index contributed by atoms with van der Waals surface area (Å²) in [6.07, 6.45) is 9.85. The number of nitrogens with one attached hydrogen (secondary N) is 1. The average molecular weight is 300 g/mol. The van der Waals surface area contributed by atoms with Crippen LogP contribution in [-0.2, 0) is 26.1 Å². The van der Waals surface area contributed by atoms with Crippen LogP contribution in [0.4, 0.5) is 0 Å². The molecule has 4 heteroatoms. The number of aryl methyl sites for hydroxylation is 2. The van der Waals surface area contributed by atoms with E-state index in [9.17, 15) is 0 Å². The zero-order valence-electron chi connectivity index (χ0n) is 13.8. The molecular weight excluding hydrogens is 272 g/mol. The molecule has 0 aromatic carbocycles. The van der Waals surface area contributed by atoms with Gasteiger partial charge in [0.2, 0.25) is 0 Å². The van der Waals surface area contributed by atoms with E-state index in [0.29, 0.717) is 0 Å². The first kappa shape index (κ1) is 15.3. The van der Waals surface area contributed by atoms with E-state index in [0.717, 1.165) is 44.4 Å². The number of aromatic nitrogens is 3. The number of hydrogen-bond donors (Lipinski definition) is 1. The van der Waals surface area contributed by atoms with E-state index < -0.39 is 0 Å². The zero-order chi connectivity index (χ0) is 15.4. The second-order valence-electron chi connectivity index (χ2n) is 6.91. The molecule has 120 valence electrons. The molecule has 3 rings (SSSR count). The molecule has 0 fully saturated rings. The van der Waals surface area contributed by atoms with Crippen molar-refractivity contribution in [2.24, 2.45) is 11.8 Å². The minimum atomic E-state index is 0.723. The second kappa shape index (κ2) is 7.14. The molecule has 1 atom stereocenters. The Labute approximate surface area is 133 Å². The van der Waals surface area contributed by atoms with Gasteiger partial charge in [-0.3, -0.25) is 0 Å². The molecule has 0 unspecified atom stereocenters. The molecule has 22 heavy (non-hydrogen) atoms. The molecule has 4 nitrogen and oxygen atoms in total. The highest BCUT2D eigenvalue weighted by Gasteiger charge is 2.18. The van der Waals surface area contributed by atoms with Crippen molar-refractivity contribution >= 4 is 0 Å². The Balaban J connectivity index is 1.45. The number of imidazole rings is 1. The first-order chi connectivity index (χ1) is 10.7. The fourth-order valence-corrected chi connectivity index (χ4v) is 3.23. The Morgan fingerprint density at radius 3 is 3.14 bits per heavy atom. The minimum absolute atomic E-state index is 0.723. The van der Waals surface area contributed by atoms with E-state index in [2.05, 4.69) is 57.8 Å². The molecule has 1 aliphatic heterocycles. The van der Waals surface area contributed by atoms with Crippen LogP contribution in [0.25, 0.3) is 0 Å². The number of hydrogen-bond acceptors (Lipinski definition) is 2. The standard InChI is InChI=1S/C18H28N4/c1-15(2)7-10-21-9-3-4-17(21)13-19-12-16-5-6-18-20-8-11-22(18)14-16/h3-4,8-9,11,15-16,19H,5-7,10,12-14H2,1-2H3/t16-/m1/s1. The molecule has 0 saturated carbocycles. The summed E-state index contributed by atoms with van der Waals surface area (Å²) in [5.41, 5.74) is 1.40. The maximum Gasteiger partial charge on any atom is 0.108 e. The molecule has 0 saturated heterocycles.